The molecule has 4 aromatic rings. The summed E-state index contributed by atoms with van der Waals surface area (Å²) >= 11 is 0. The Morgan fingerprint density at radius 1 is 0.784 bits per heavy atom. The Hall–Kier alpha value is -3.02. The van der Waals surface area contributed by atoms with Crippen LogP contribution in [0.3, 0.4) is 0 Å². The molecule has 2 unspecified atom stereocenters. The number of unbranched alkanes of at least 4 members (excludes halogenated alkanes) is 4. The van der Waals surface area contributed by atoms with E-state index in [0.717, 1.165) is 55.4 Å². The number of nitrogens with zero attached hydrogens (tertiary/aromatic N) is 4. The van der Waals surface area contributed by atoms with Crippen LogP contribution in [0.1, 0.15) is 79.1 Å². The van der Waals surface area contributed by atoms with Gasteiger partial charge in [0.2, 0.25) is 0 Å². The Morgan fingerprint density at radius 3 is 2.03 bits per heavy atom. The average Bonchev–Trinajstić information content (AvgIpc) is 3.60. The van der Waals surface area contributed by atoms with Crippen LogP contribution in [0.15, 0.2) is 48.5 Å². The van der Waals surface area contributed by atoms with Gasteiger partial charge in [0.1, 0.15) is 11.2 Å². The quantitative estimate of drug-likeness (QED) is 0.211. The van der Waals surface area contributed by atoms with Crippen molar-refractivity contribution in [3.8, 4) is 12.0 Å². The first-order valence-corrected chi connectivity index (χ1v) is 14.1. The topological polar surface area (TPSA) is 54.1 Å². The summed E-state index contributed by atoms with van der Waals surface area (Å²) in [5.41, 5.74) is 4.14. The van der Waals surface area contributed by atoms with E-state index in [2.05, 4.69) is 73.2 Å². The minimum Gasteiger partial charge on any atom is -0.456 e. The number of hydrogen-bond acceptors (Lipinski definition) is 4. The summed E-state index contributed by atoms with van der Waals surface area (Å²) in [5, 5.41) is 0. The lowest BCUT2D eigenvalue weighted by atomic mass is 9.72. The normalized spacial score (nSPS) is 22.8. The van der Waals surface area contributed by atoms with Gasteiger partial charge in [0.25, 0.3) is 12.0 Å². The van der Waals surface area contributed by atoms with Crippen LogP contribution in [-0.2, 0) is 13.1 Å². The van der Waals surface area contributed by atoms with E-state index in [0.29, 0.717) is 0 Å². The SMILES string of the molecule is CCC1(CCCCCCCC(C)(C)C2(C)Cn3c(nc4ccccc43)O2)Cn2c(nc3ccccc32)O1. The molecule has 2 aromatic carbocycles. The van der Waals surface area contributed by atoms with E-state index >= 15 is 0 Å². The Balaban J connectivity index is 0.957. The second-order valence-electron chi connectivity index (χ2n) is 12.1. The van der Waals surface area contributed by atoms with E-state index in [1.54, 1.807) is 0 Å². The molecule has 2 aliphatic rings. The fourth-order valence-electron chi connectivity index (χ4n) is 6.27. The third-order valence-corrected chi connectivity index (χ3v) is 9.28. The lowest BCUT2D eigenvalue weighted by Crippen LogP contribution is -2.46. The minimum absolute atomic E-state index is 0.0714. The van der Waals surface area contributed by atoms with E-state index in [1.807, 2.05) is 12.1 Å². The molecule has 0 bridgehead atoms. The molecule has 6 nitrogen and oxygen atoms in total. The first kappa shape index (κ1) is 24.3. The number of benzene rings is 2. The highest BCUT2D eigenvalue weighted by molar-refractivity contribution is 5.77. The van der Waals surface area contributed by atoms with Gasteiger partial charge < -0.3 is 9.47 Å². The molecule has 196 valence electrons. The van der Waals surface area contributed by atoms with E-state index in [4.69, 9.17) is 19.4 Å². The minimum atomic E-state index is -0.235. The van der Waals surface area contributed by atoms with Gasteiger partial charge in [-0.25, -0.2) is 0 Å². The van der Waals surface area contributed by atoms with Crippen LogP contribution in [0.25, 0.3) is 22.1 Å². The molecule has 2 aromatic heterocycles. The third-order valence-electron chi connectivity index (χ3n) is 9.28. The average molecular weight is 501 g/mol. The zero-order valence-electron chi connectivity index (χ0n) is 22.8. The van der Waals surface area contributed by atoms with Gasteiger partial charge in [-0.15, -0.1) is 0 Å². The third kappa shape index (κ3) is 4.18. The van der Waals surface area contributed by atoms with Crippen molar-refractivity contribution in [1.29, 1.82) is 0 Å². The maximum atomic E-state index is 6.50. The molecule has 4 heterocycles. The molecule has 0 fully saturated rings. The molecule has 6 heteroatoms. The molecular formula is C31H40N4O2. The molecule has 6 rings (SSSR count). The molecule has 37 heavy (non-hydrogen) atoms. The number of para-hydroxylation sites is 4. The van der Waals surface area contributed by atoms with Crippen molar-refractivity contribution < 1.29 is 9.47 Å². The van der Waals surface area contributed by atoms with Crippen molar-refractivity contribution in [2.75, 3.05) is 0 Å². The molecule has 0 aliphatic carbocycles. The highest BCUT2D eigenvalue weighted by Gasteiger charge is 2.48. The molecule has 0 saturated heterocycles. The first-order chi connectivity index (χ1) is 17.8. The number of hydrogen-bond donors (Lipinski definition) is 0. The Kier molecular flexibility index (Phi) is 5.96. The molecule has 2 aliphatic heterocycles. The van der Waals surface area contributed by atoms with Crippen molar-refractivity contribution in [2.45, 2.75) is 103 Å². The van der Waals surface area contributed by atoms with Gasteiger partial charge in [0, 0.05) is 5.41 Å². The molecule has 0 saturated carbocycles. The fourth-order valence-corrected chi connectivity index (χ4v) is 6.27. The standard InChI is InChI=1S/C31H40N4O2/c1-5-31(22-35-26-18-12-10-16-24(26)33-28(35)37-31)20-14-8-6-7-13-19-29(2,3)30(4)21-34-25-17-11-9-15-23(25)32-27(34)36-30/h9-12,15-18H,5-8,13-14,19-22H2,1-4H3. The smallest absolute Gasteiger partial charge is 0.298 e. The summed E-state index contributed by atoms with van der Waals surface area (Å²) in [6.07, 6.45) is 9.49. The monoisotopic (exact) mass is 500 g/mol. The van der Waals surface area contributed by atoms with Gasteiger partial charge in [0.15, 0.2) is 0 Å². The van der Waals surface area contributed by atoms with Crippen molar-refractivity contribution in [1.82, 2.24) is 19.1 Å². The van der Waals surface area contributed by atoms with Crippen molar-refractivity contribution in [3.05, 3.63) is 48.5 Å². The van der Waals surface area contributed by atoms with Crippen LogP contribution in [0, 0.1) is 5.41 Å². The van der Waals surface area contributed by atoms with Crippen LogP contribution in [-0.4, -0.2) is 30.3 Å². The summed E-state index contributed by atoms with van der Waals surface area (Å²) in [7, 11) is 0. The second-order valence-corrected chi connectivity index (χ2v) is 12.1. The van der Waals surface area contributed by atoms with Crippen LogP contribution in [0.5, 0.6) is 12.0 Å². The van der Waals surface area contributed by atoms with Gasteiger partial charge in [0.05, 0.1) is 35.2 Å². The Morgan fingerprint density at radius 2 is 1.35 bits per heavy atom. The lowest BCUT2D eigenvalue weighted by molar-refractivity contribution is -0.0197. The maximum absolute atomic E-state index is 6.50. The molecule has 0 radical (unpaired) electrons. The number of fused-ring (bicyclic) bond motifs is 6. The van der Waals surface area contributed by atoms with Gasteiger partial charge in [-0.05, 0) is 56.9 Å². The number of aromatic nitrogens is 4. The first-order valence-electron chi connectivity index (χ1n) is 14.1. The van der Waals surface area contributed by atoms with Gasteiger partial charge in [-0.2, -0.15) is 9.97 Å². The highest BCUT2D eigenvalue weighted by atomic mass is 16.5. The molecule has 0 amide bonds. The van der Waals surface area contributed by atoms with E-state index in [-0.39, 0.29) is 16.6 Å². The predicted octanol–water partition coefficient (Wildman–Crippen LogP) is 7.54. The van der Waals surface area contributed by atoms with Crippen LogP contribution < -0.4 is 9.47 Å². The summed E-state index contributed by atoms with van der Waals surface area (Å²) in [4.78, 5) is 9.44. The van der Waals surface area contributed by atoms with Crippen molar-refractivity contribution in [2.24, 2.45) is 5.41 Å². The molecular weight excluding hydrogens is 460 g/mol. The van der Waals surface area contributed by atoms with E-state index < -0.39 is 0 Å². The maximum Gasteiger partial charge on any atom is 0.298 e. The van der Waals surface area contributed by atoms with Gasteiger partial charge >= 0.3 is 0 Å². The summed E-state index contributed by atoms with van der Waals surface area (Å²) in [6.45, 7) is 11.0. The summed E-state index contributed by atoms with van der Waals surface area (Å²) in [5.74, 6) is 0. The largest absolute Gasteiger partial charge is 0.456 e. The summed E-state index contributed by atoms with van der Waals surface area (Å²) in [6, 6.07) is 18.2. The van der Waals surface area contributed by atoms with Crippen molar-refractivity contribution >= 4 is 22.1 Å². The summed E-state index contributed by atoms with van der Waals surface area (Å²) < 4.78 is 17.5. The molecule has 0 N–H and O–H groups in total. The van der Waals surface area contributed by atoms with Gasteiger partial charge in [-0.3, -0.25) is 9.13 Å². The number of rotatable bonds is 10. The number of ether oxygens (including phenoxy) is 2. The molecule has 2 atom stereocenters. The zero-order valence-corrected chi connectivity index (χ0v) is 22.8. The Labute approximate surface area is 220 Å². The highest BCUT2D eigenvalue weighted by Crippen LogP contribution is 2.45. The van der Waals surface area contributed by atoms with E-state index in [9.17, 15) is 0 Å². The predicted molar refractivity (Wildman–Crippen MR) is 148 cm³/mol. The zero-order chi connectivity index (χ0) is 25.7. The Bertz CT molecular complexity index is 1420. The van der Waals surface area contributed by atoms with Crippen LogP contribution in [0.4, 0.5) is 0 Å². The number of imidazole rings is 2. The fraction of sp³-hybridized carbons (Fsp3) is 0.548. The van der Waals surface area contributed by atoms with Gasteiger partial charge in [-0.1, -0.05) is 70.7 Å². The van der Waals surface area contributed by atoms with Crippen molar-refractivity contribution in [3.63, 3.8) is 0 Å². The van der Waals surface area contributed by atoms with Crippen LogP contribution >= 0.6 is 0 Å². The van der Waals surface area contributed by atoms with Crippen LogP contribution in [0.2, 0.25) is 0 Å². The van der Waals surface area contributed by atoms with E-state index in [1.165, 1.54) is 43.1 Å². The lowest BCUT2D eigenvalue weighted by Gasteiger charge is -2.40. The molecule has 0 spiro atoms. The second kappa shape index (κ2) is 9.07.